The number of anilines is 4. The average molecular weight is 643 g/mol. The van der Waals surface area contributed by atoms with Crippen molar-refractivity contribution in [3.8, 4) is 0 Å². The van der Waals surface area contributed by atoms with E-state index in [1.54, 1.807) is 19.1 Å². The number of halogens is 1. The summed E-state index contributed by atoms with van der Waals surface area (Å²) in [7, 11) is -1.72. The van der Waals surface area contributed by atoms with Crippen LogP contribution >= 0.6 is 27.3 Å². The fraction of sp³-hybridized carbons (Fsp3) is 0.286. The summed E-state index contributed by atoms with van der Waals surface area (Å²) in [6.45, 7) is 5.33. The van der Waals surface area contributed by atoms with Crippen LogP contribution in [0.4, 0.5) is 22.3 Å². The highest BCUT2D eigenvalue weighted by molar-refractivity contribution is 9.10. The van der Waals surface area contributed by atoms with E-state index in [2.05, 4.69) is 31.3 Å². The van der Waals surface area contributed by atoms with Crippen molar-refractivity contribution in [2.45, 2.75) is 51.3 Å². The molecule has 0 spiro atoms. The van der Waals surface area contributed by atoms with Crippen molar-refractivity contribution in [2.75, 3.05) is 22.0 Å². The largest absolute Gasteiger partial charge is 0.462 e. The van der Waals surface area contributed by atoms with Gasteiger partial charge in [0.05, 0.1) is 33.8 Å². The summed E-state index contributed by atoms with van der Waals surface area (Å²) in [4.78, 5) is 35.8. The lowest BCUT2D eigenvalue weighted by molar-refractivity contribution is -0.114. The Balaban J connectivity index is 1.54. The molecule has 0 radical (unpaired) electrons. The summed E-state index contributed by atoms with van der Waals surface area (Å²) < 4.78 is 22.6. The summed E-state index contributed by atoms with van der Waals surface area (Å²) in [6, 6.07) is 10.8. The molecule has 2 heterocycles. The van der Waals surface area contributed by atoms with Crippen molar-refractivity contribution in [3.05, 3.63) is 62.4 Å². The molecule has 3 N–H and O–H groups in total. The van der Waals surface area contributed by atoms with E-state index in [9.17, 15) is 13.8 Å². The summed E-state index contributed by atoms with van der Waals surface area (Å²) >= 11 is 5.00. The normalized spacial score (nSPS) is 13.4. The number of nitrogens with one attached hydrogen (secondary N) is 3. The van der Waals surface area contributed by atoms with E-state index in [0.29, 0.717) is 42.5 Å². The first-order valence-electron chi connectivity index (χ1n) is 12.9. The Hall–Kier alpha value is -3.35. The standard InChI is InChI=1S/C28H28BrN5O4S2/c1-4-38-28(36)23-18-9-5-8-12-22(18)39-27(23)33-25-26(32-21-11-7-6-10-20(21)31-25)34-40(37)17-13-15(2)24(19(29)14-17)30-16(3)35/h6-7,10-11,13-14H,4-5,8-9,12H2,1-3H3,(H,30,35)(H,31,33)(H,32,34). The molecule has 0 bridgehead atoms. The number of benzene rings is 2. The highest BCUT2D eigenvalue weighted by Crippen LogP contribution is 2.41. The topological polar surface area (TPSA) is 122 Å². The molecule has 12 heteroatoms. The predicted octanol–water partition coefficient (Wildman–Crippen LogP) is 6.65. The minimum atomic E-state index is -1.72. The molecule has 1 unspecified atom stereocenters. The second-order valence-electron chi connectivity index (χ2n) is 9.32. The number of para-hydroxylation sites is 2. The quantitative estimate of drug-likeness (QED) is 0.184. The van der Waals surface area contributed by atoms with E-state index in [1.807, 2.05) is 31.2 Å². The maximum Gasteiger partial charge on any atom is 0.341 e. The number of esters is 1. The molecule has 1 aliphatic rings. The number of ether oxygens (including phenoxy) is 1. The van der Waals surface area contributed by atoms with Crippen LogP contribution in [0.2, 0.25) is 0 Å². The van der Waals surface area contributed by atoms with Gasteiger partial charge in [0.1, 0.15) is 5.00 Å². The molecule has 0 fully saturated rings. The number of aromatic nitrogens is 2. The van der Waals surface area contributed by atoms with Gasteiger partial charge in [0.25, 0.3) is 0 Å². The average Bonchev–Trinajstić information content (AvgIpc) is 3.28. The van der Waals surface area contributed by atoms with Crippen LogP contribution in [0.1, 0.15) is 53.1 Å². The second-order valence-corrected chi connectivity index (χ2v) is 12.5. The number of aryl methyl sites for hydroxylation is 2. The molecular weight excluding hydrogens is 614 g/mol. The molecule has 2 aromatic carbocycles. The monoisotopic (exact) mass is 641 g/mol. The third-order valence-electron chi connectivity index (χ3n) is 6.42. The van der Waals surface area contributed by atoms with Gasteiger partial charge in [0.15, 0.2) is 22.6 Å². The number of carbonyl (C=O) groups excluding carboxylic acids is 2. The van der Waals surface area contributed by atoms with Crippen molar-refractivity contribution >= 4 is 83.5 Å². The molecule has 0 saturated heterocycles. The highest BCUT2D eigenvalue weighted by atomic mass is 79.9. The Morgan fingerprint density at radius 3 is 2.48 bits per heavy atom. The minimum Gasteiger partial charge on any atom is -0.462 e. The number of thiophene rings is 1. The van der Waals surface area contributed by atoms with Crippen molar-refractivity contribution in [3.63, 3.8) is 0 Å². The first-order chi connectivity index (χ1) is 19.2. The molecule has 0 saturated carbocycles. The number of hydrogen-bond acceptors (Lipinski definition) is 8. The SMILES string of the molecule is CCOC(=O)c1c(Nc2nc3ccccc3nc2NS(=O)c2cc(C)c(NC(C)=O)c(Br)c2)sc2c1CCCC2. The van der Waals surface area contributed by atoms with Crippen molar-refractivity contribution in [1.29, 1.82) is 0 Å². The predicted molar refractivity (Wildman–Crippen MR) is 163 cm³/mol. The van der Waals surface area contributed by atoms with Gasteiger partial charge in [-0.1, -0.05) is 12.1 Å². The lowest BCUT2D eigenvalue weighted by Crippen LogP contribution is -2.13. The van der Waals surface area contributed by atoms with Gasteiger partial charge >= 0.3 is 5.97 Å². The number of carbonyl (C=O) groups is 2. The van der Waals surface area contributed by atoms with Crippen LogP contribution in [0.5, 0.6) is 0 Å². The Labute approximate surface area is 246 Å². The van der Waals surface area contributed by atoms with E-state index in [0.717, 1.165) is 36.8 Å². The van der Waals surface area contributed by atoms with Gasteiger partial charge in [-0.25, -0.2) is 19.0 Å². The summed E-state index contributed by atoms with van der Waals surface area (Å²) in [5, 5.41) is 6.75. The van der Waals surface area contributed by atoms with Gasteiger partial charge in [0, 0.05) is 16.3 Å². The Bertz CT molecular complexity index is 1630. The van der Waals surface area contributed by atoms with Crippen molar-refractivity contribution in [1.82, 2.24) is 9.97 Å². The van der Waals surface area contributed by atoms with Crippen molar-refractivity contribution in [2.24, 2.45) is 0 Å². The third kappa shape index (κ3) is 5.89. The zero-order valence-corrected chi connectivity index (χ0v) is 25.4. The van der Waals surface area contributed by atoms with Crippen LogP contribution in [0.15, 0.2) is 45.8 Å². The van der Waals surface area contributed by atoms with Gasteiger partial charge in [-0.05, 0) is 90.9 Å². The van der Waals surface area contributed by atoms with Crippen LogP contribution in [-0.4, -0.2) is 32.7 Å². The smallest absolute Gasteiger partial charge is 0.341 e. The summed E-state index contributed by atoms with van der Waals surface area (Å²) in [6.07, 6.45) is 3.83. The van der Waals surface area contributed by atoms with Crippen LogP contribution in [0, 0.1) is 6.92 Å². The molecule has 9 nitrogen and oxygen atoms in total. The van der Waals surface area contributed by atoms with Gasteiger partial charge in [0.2, 0.25) is 5.91 Å². The molecule has 1 amide bonds. The zero-order valence-electron chi connectivity index (χ0n) is 22.2. The maximum atomic E-state index is 13.5. The van der Waals surface area contributed by atoms with Crippen LogP contribution in [0.3, 0.4) is 0 Å². The Morgan fingerprint density at radius 1 is 1.10 bits per heavy atom. The third-order valence-corrected chi connectivity index (χ3v) is 9.29. The highest BCUT2D eigenvalue weighted by Gasteiger charge is 2.27. The zero-order chi connectivity index (χ0) is 28.4. The maximum absolute atomic E-state index is 13.5. The molecule has 208 valence electrons. The fourth-order valence-corrected chi connectivity index (χ4v) is 7.67. The number of nitrogens with zero attached hydrogens (tertiary/aromatic N) is 2. The molecular formula is C28H28BrN5O4S2. The number of rotatable bonds is 8. The van der Waals surface area contributed by atoms with Gasteiger partial charge in [-0.15, -0.1) is 11.3 Å². The van der Waals surface area contributed by atoms with Gasteiger partial charge in [-0.2, -0.15) is 0 Å². The van der Waals surface area contributed by atoms with Crippen LogP contribution in [-0.2, 0) is 33.4 Å². The lowest BCUT2D eigenvalue weighted by atomic mass is 9.95. The molecule has 5 rings (SSSR count). The molecule has 1 atom stereocenters. The fourth-order valence-electron chi connectivity index (χ4n) is 4.64. The number of amides is 1. The Kier molecular flexibility index (Phi) is 8.48. The molecule has 2 aromatic heterocycles. The van der Waals surface area contributed by atoms with Gasteiger partial charge < -0.3 is 15.4 Å². The minimum absolute atomic E-state index is 0.199. The van der Waals surface area contributed by atoms with E-state index >= 15 is 0 Å². The molecule has 40 heavy (non-hydrogen) atoms. The number of hydrogen-bond donors (Lipinski definition) is 3. The van der Waals surface area contributed by atoms with Gasteiger partial charge in [-0.3, -0.25) is 9.52 Å². The van der Waals surface area contributed by atoms with Crippen LogP contribution in [0.25, 0.3) is 11.0 Å². The first kappa shape index (κ1) is 28.2. The van der Waals surface area contributed by atoms with Crippen LogP contribution < -0.4 is 15.4 Å². The number of fused-ring (bicyclic) bond motifs is 2. The van der Waals surface area contributed by atoms with E-state index in [4.69, 9.17) is 14.7 Å². The summed E-state index contributed by atoms with van der Waals surface area (Å²) in [5.41, 5.74) is 4.22. The summed E-state index contributed by atoms with van der Waals surface area (Å²) in [5.74, 6) is 0.0611. The molecule has 0 aliphatic heterocycles. The van der Waals surface area contributed by atoms with E-state index in [1.165, 1.54) is 23.1 Å². The van der Waals surface area contributed by atoms with Crippen molar-refractivity contribution < 1.29 is 18.5 Å². The van der Waals surface area contributed by atoms with E-state index in [-0.39, 0.29) is 24.3 Å². The lowest BCUT2D eigenvalue weighted by Gasteiger charge is -2.15. The molecule has 1 aliphatic carbocycles. The molecule has 4 aromatic rings. The second kappa shape index (κ2) is 12.0. The first-order valence-corrected chi connectivity index (χ1v) is 15.6. The Morgan fingerprint density at radius 2 is 1.80 bits per heavy atom. The van der Waals surface area contributed by atoms with E-state index < -0.39 is 11.0 Å².